The number of likely N-dealkylation sites (tertiary alicyclic amines) is 1. The molecule has 1 unspecified atom stereocenters. The quantitative estimate of drug-likeness (QED) is 0.593. The zero-order valence-corrected chi connectivity index (χ0v) is 11.3. The van der Waals surface area contributed by atoms with E-state index < -0.39 is 0 Å². The van der Waals surface area contributed by atoms with Crippen LogP contribution in [0.1, 0.15) is 31.7 Å². The van der Waals surface area contributed by atoms with Crippen molar-refractivity contribution in [3.63, 3.8) is 0 Å². The van der Waals surface area contributed by atoms with Crippen LogP contribution in [0.5, 0.6) is 0 Å². The van der Waals surface area contributed by atoms with Crippen LogP contribution in [0.25, 0.3) is 0 Å². The lowest BCUT2D eigenvalue weighted by Crippen LogP contribution is -2.43. The largest absolute Gasteiger partial charge is 0.633 e. The Labute approximate surface area is 110 Å². The van der Waals surface area contributed by atoms with Crippen LogP contribution in [0.2, 0.25) is 0 Å². The molecule has 1 heterocycles. The SMILES string of the molecule is C[C@@H](C[C@@H]1CCC[N+]1(C)[O-])OCc1ccccc1. The highest BCUT2D eigenvalue weighted by Gasteiger charge is 2.32. The third-order valence-electron chi connectivity index (χ3n) is 3.89. The van der Waals surface area contributed by atoms with Crippen molar-refractivity contribution < 1.29 is 9.38 Å². The Morgan fingerprint density at radius 2 is 2.11 bits per heavy atom. The molecule has 1 saturated heterocycles. The van der Waals surface area contributed by atoms with Gasteiger partial charge in [-0.25, -0.2) is 0 Å². The number of ether oxygens (including phenoxy) is 1. The van der Waals surface area contributed by atoms with Crippen molar-refractivity contribution in [2.45, 2.75) is 44.9 Å². The molecule has 100 valence electrons. The molecule has 3 atom stereocenters. The van der Waals surface area contributed by atoms with Crippen LogP contribution in [-0.2, 0) is 11.3 Å². The average molecular weight is 249 g/mol. The van der Waals surface area contributed by atoms with Gasteiger partial charge < -0.3 is 14.6 Å². The highest BCUT2D eigenvalue weighted by atomic mass is 16.5. The van der Waals surface area contributed by atoms with Gasteiger partial charge in [-0.15, -0.1) is 0 Å². The molecule has 0 radical (unpaired) electrons. The van der Waals surface area contributed by atoms with Crippen LogP contribution in [0.15, 0.2) is 30.3 Å². The normalized spacial score (nSPS) is 29.4. The van der Waals surface area contributed by atoms with Crippen LogP contribution >= 0.6 is 0 Å². The molecule has 0 amide bonds. The lowest BCUT2D eigenvalue weighted by molar-refractivity contribution is -0.873. The molecule has 0 spiro atoms. The summed E-state index contributed by atoms with van der Waals surface area (Å²) in [6.07, 6.45) is 3.11. The summed E-state index contributed by atoms with van der Waals surface area (Å²) < 4.78 is 5.75. The summed E-state index contributed by atoms with van der Waals surface area (Å²) in [5, 5.41) is 12.1. The third kappa shape index (κ3) is 3.55. The molecule has 3 nitrogen and oxygen atoms in total. The molecular weight excluding hydrogens is 226 g/mol. The number of hydrogen-bond acceptors (Lipinski definition) is 2. The van der Waals surface area contributed by atoms with Crippen LogP contribution in [-0.4, -0.2) is 30.4 Å². The van der Waals surface area contributed by atoms with E-state index in [0.717, 1.165) is 25.8 Å². The molecule has 0 bridgehead atoms. The molecule has 1 aliphatic rings. The molecule has 1 aliphatic heterocycles. The average Bonchev–Trinajstić information content (AvgIpc) is 2.68. The Balaban J connectivity index is 1.77. The van der Waals surface area contributed by atoms with Gasteiger partial charge in [0.1, 0.15) is 0 Å². The minimum Gasteiger partial charge on any atom is -0.633 e. The highest BCUT2D eigenvalue weighted by Crippen LogP contribution is 2.27. The van der Waals surface area contributed by atoms with E-state index in [9.17, 15) is 5.21 Å². The fourth-order valence-electron chi connectivity index (χ4n) is 2.70. The summed E-state index contributed by atoms with van der Waals surface area (Å²) >= 11 is 0. The van der Waals surface area contributed by atoms with Gasteiger partial charge >= 0.3 is 0 Å². The van der Waals surface area contributed by atoms with Crippen molar-refractivity contribution in [3.8, 4) is 0 Å². The minimum absolute atomic E-state index is 0.0843. The van der Waals surface area contributed by atoms with Crippen molar-refractivity contribution in [1.82, 2.24) is 0 Å². The second-order valence-corrected chi connectivity index (χ2v) is 5.54. The molecule has 0 N–H and O–H groups in total. The third-order valence-corrected chi connectivity index (χ3v) is 3.89. The highest BCUT2D eigenvalue weighted by molar-refractivity contribution is 5.13. The van der Waals surface area contributed by atoms with Crippen molar-refractivity contribution in [3.05, 3.63) is 41.1 Å². The minimum atomic E-state index is -0.0843. The number of benzene rings is 1. The van der Waals surface area contributed by atoms with Crippen molar-refractivity contribution >= 4 is 0 Å². The summed E-state index contributed by atoms with van der Waals surface area (Å²) in [4.78, 5) is 0. The first-order valence-corrected chi connectivity index (χ1v) is 6.79. The monoisotopic (exact) mass is 249 g/mol. The standard InChI is InChI=1S/C15H23NO2/c1-13(11-15-9-6-10-16(15,2)17)18-12-14-7-4-3-5-8-14/h3-5,7-8,13,15H,6,9-12H2,1-2H3/t13-,15-,16?/m0/s1. The van der Waals surface area contributed by atoms with Gasteiger partial charge in [0.15, 0.2) is 0 Å². The summed E-state index contributed by atoms with van der Waals surface area (Å²) in [5.74, 6) is 0. The lowest BCUT2D eigenvalue weighted by Gasteiger charge is -2.41. The number of nitrogens with zero attached hydrogens (tertiary/aromatic N) is 1. The predicted octanol–water partition coefficient (Wildman–Crippen LogP) is 3.09. The van der Waals surface area contributed by atoms with Crippen molar-refractivity contribution in [2.75, 3.05) is 13.6 Å². The Morgan fingerprint density at radius 1 is 1.39 bits per heavy atom. The fraction of sp³-hybridized carbons (Fsp3) is 0.600. The maximum absolute atomic E-state index is 12.1. The van der Waals surface area contributed by atoms with Gasteiger partial charge in [0.25, 0.3) is 0 Å². The number of quaternary nitrogens is 1. The summed E-state index contributed by atoms with van der Waals surface area (Å²) in [7, 11) is 1.79. The topological polar surface area (TPSA) is 32.3 Å². The summed E-state index contributed by atoms with van der Waals surface area (Å²) in [6.45, 7) is 3.47. The fourth-order valence-corrected chi connectivity index (χ4v) is 2.70. The van der Waals surface area contributed by atoms with Gasteiger partial charge in [-0.3, -0.25) is 0 Å². The second-order valence-electron chi connectivity index (χ2n) is 5.54. The number of hydroxylamine groups is 3. The van der Waals surface area contributed by atoms with E-state index in [4.69, 9.17) is 4.74 Å². The van der Waals surface area contributed by atoms with E-state index >= 15 is 0 Å². The molecule has 0 aliphatic carbocycles. The first-order valence-electron chi connectivity index (χ1n) is 6.79. The van der Waals surface area contributed by atoms with Crippen molar-refractivity contribution in [2.24, 2.45) is 0 Å². The second kappa shape index (κ2) is 5.83. The lowest BCUT2D eigenvalue weighted by atomic mass is 10.1. The van der Waals surface area contributed by atoms with Gasteiger partial charge in [-0.1, -0.05) is 30.3 Å². The van der Waals surface area contributed by atoms with Crippen LogP contribution in [0, 0.1) is 5.21 Å². The molecular formula is C15H23NO2. The van der Waals surface area contributed by atoms with Gasteiger partial charge in [-0.2, -0.15) is 0 Å². The zero-order valence-electron chi connectivity index (χ0n) is 11.3. The van der Waals surface area contributed by atoms with Gasteiger partial charge in [0.2, 0.25) is 0 Å². The number of rotatable bonds is 5. The van der Waals surface area contributed by atoms with Crippen LogP contribution in [0.3, 0.4) is 0 Å². The van der Waals surface area contributed by atoms with Crippen LogP contribution in [0.4, 0.5) is 0 Å². The Morgan fingerprint density at radius 3 is 2.72 bits per heavy atom. The maximum Gasteiger partial charge on any atom is 0.0912 e. The molecule has 3 heteroatoms. The predicted molar refractivity (Wildman–Crippen MR) is 72.8 cm³/mol. The van der Waals surface area contributed by atoms with E-state index in [1.165, 1.54) is 5.56 Å². The Hall–Kier alpha value is -0.900. The molecule has 0 saturated carbocycles. The summed E-state index contributed by atoms with van der Waals surface area (Å²) in [5.41, 5.74) is 1.19. The molecule has 1 fully saturated rings. The van der Waals surface area contributed by atoms with E-state index in [-0.39, 0.29) is 16.8 Å². The van der Waals surface area contributed by atoms with E-state index in [0.29, 0.717) is 6.61 Å². The van der Waals surface area contributed by atoms with E-state index in [2.05, 4.69) is 19.1 Å². The molecule has 0 aromatic heterocycles. The van der Waals surface area contributed by atoms with E-state index in [1.807, 2.05) is 18.2 Å². The van der Waals surface area contributed by atoms with Gasteiger partial charge in [-0.05, 0) is 12.5 Å². The van der Waals surface area contributed by atoms with Gasteiger partial charge in [0, 0.05) is 19.3 Å². The molecule has 18 heavy (non-hydrogen) atoms. The van der Waals surface area contributed by atoms with Gasteiger partial charge in [0.05, 0.1) is 32.3 Å². The van der Waals surface area contributed by atoms with Crippen LogP contribution < -0.4 is 0 Å². The first kappa shape index (κ1) is 13.5. The van der Waals surface area contributed by atoms with E-state index in [1.54, 1.807) is 7.05 Å². The van der Waals surface area contributed by atoms with Crippen molar-refractivity contribution in [1.29, 1.82) is 0 Å². The first-order chi connectivity index (χ1) is 8.58. The molecule has 1 aromatic carbocycles. The maximum atomic E-state index is 12.1. The number of hydrogen-bond donors (Lipinski definition) is 0. The smallest absolute Gasteiger partial charge is 0.0912 e. The zero-order chi connectivity index (χ0) is 13.0. The Kier molecular flexibility index (Phi) is 4.38. The molecule has 2 rings (SSSR count). The summed E-state index contributed by atoms with van der Waals surface area (Å²) in [6, 6.07) is 10.4. The Bertz CT molecular complexity index is 364. The molecule has 1 aromatic rings.